The van der Waals surface area contributed by atoms with Crippen molar-refractivity contribution >= 4 is 12.0 Å². The minimum Gasteiger partial charge on any atom is -0.478 e. The largest absolute Gasteiger partial charge is 0.478 e. The van der Waals surface area contributed by atoms with Gasteiger partial charge in [-0.25, -0.2) is 14.8 Å². The van der Waals surface area contributed by atoms with E-state index in [2.05, 4.69) is 9.97 Å². The van der Waals surface area contributed by atoms with E-state index in [0.717, 1.165) is 6.08 Å². The smallest absolute Gasteiger partial charge is 0.328 e. The summed E-state index contributed by atoms with van der Waals surface area (Å²) in [6.45, 7) is 0.548. The summed E-state index contributed by atoms with van der Waals surface area (Å²) in [6.07, 6.45) is 4.69. The summed E-state index contributed by atoms with van der Waals surface area (Å²) < 4.78 is 4.89. The van der Waals surface area contributed by atoms with Crippen LogP contribution in [0.1, 0.15) is 11.5 Å². The average molecular weight is 208 g/mol. The number of carboxylic acids is 1. The molecule has 0 spiro atoms. The van der Waals surface area contributed by atoms with E-state index in [4.69, 9.17) is 9.84 Å². The first-order chi connectivity index (χ1) is 7.22. The van der Waals surface area contributed by atoms with Crippen LogP contribution in [0.3, 0.4) is 0 Å². The molecular formula is C10H12N2O3. The highest BCUT2D eigenvalue weighted by Crippen LogP contribution is 1.99. The number of ether oxygens (including phenoxy) is 1. The van der Waals surface area contributed by atoms with Crippen LogP contribution >= 0.6 is 0 Å². The lowest BCUT2D eigenvalue weighted by atomic mass is 10.3. The Morgan fingerprint density at radius 2 is 2.47 bits per heavy atom. The Morgan fingerprint density at radius 3 is 3.13 bits per heavy atom. The second-order valence-corrected chi connectivity index (χ2v) is 2.81. The number of rotatable bonds is 5. The number of nitrogens with zero attached hydrogens (tertiary/aromatic N) is 2. The number of hydrogen-bond acceptors (Lipinski definition) is 4. The van der Waals surface area contributed by atoms with Gasteiger partial charge in [-0.2, -0.15) is 0 Å². The number of aliphatic carboxylic acids is 1. The van der Waals surface area contributed by atoms with Crippen molar-refractivity contribution in [1.82, 2.24) is 9.97 Å². The van der Waals surface area contributed by atoms with Crippen LogP contribution in [0.2, 0.25) is 0 Å². The maximum absolute atomic E-state index is 10.3. The van der Waals surface area contributed by atoms with Crippen molar-refractivity contribution in [3.05, 3.63) is 29.9 Å². The Morgan fingerprint density at radius 1 is 1.67 bits per heavy atom. The van der Waals surface area contributed by atoms with Gasteiger partial charge in [0.1, 0.15) is 5.82 Å². The van der Waals surface area contributed by atoms with Gasteiger partial charge in [-0.15, -0.1) is 0 Å². The van der Waals surface area contributed by atoms with Crippen molar-refractivity contribution in [3.63, 3.8) is 0 Å². The molecule has 1 N–H and O–H groups in total. The second kappa shape index (κ2) is 5.87. The maximum Gasteiger partial charge on any atom is 0.328 e. The van der Waals surface area contributed by atoms with E-state index >= 15 is 0 Å². The third-order valence-corrected chi connectivity index (χ3v) is 1.65. The molecule has 0 aromatic carbocycles. The first-order valence-corrected chi connectivity index (χ1v) is 4.44. The topological polar surface area (TPSA) is 72.3 Å². The summed E-state index contributed by atoms with van der Waals surface area (Å²) in [5.74, 6) is -0.351. The molecule has 5 nitrogen and oxygen atoms in total. The number of carboxylic acid groups (broad SMARTS) is 1. The van der Waals surface area contributed by atoms with E-state index < -0.39 is 5.97 Å². The van der Waals surface area contributed by atoms with E-state index in [1.807, 2.05) is 0 Å². The van der Waals surface area contributed by atoms with Crippen LogP contribution in [-0.2, 0) is 16.0 Å². The number of methoxy groups -OCH3 is 1. The van der Waals surface area contributed by atoms with Crippen molar-refractivity contribution in [2.24, 2.45) is 0 Å². The fraction of sp³-hybridized carbons (Fsp3) is 0.300. The lowest BCUT2D eigenvalue weighted by Crippen LogP contribution is -2.01. The van der Waals surface area contributed by atoms with Gasteiger partial charge in [0.15, 0.2) is 0 Å². The van der Waals surface area contributed by atoms with E-state index in [1.54, 1.807) is 19.4 Å². The molecule has 15 heavy (non-hydrogen) atoms. The zero-order valence-corrected chi connectivity index (χ0v) is 8.38. The minimum atomic E-state index is -0.993. The van der Waals surface area contributed by atoms with Crippen LogP contribution in [0, 0.1) is 0 Å². The first kappa shape index (κ1) is 11.3. The van der Waals surface area contributed by atoms with Crippen LogP contribution in [0.25, 0.3) is 6.08 Å². The summed E-state index contributed by atoms with van der Waals surface area (Å²) >= 11 is 0. The third-order valence-electron chi connectivity index (χ3n) is 1.65. The van der Waals surface area contributed by atoms with Gasteiger partial charge in [0.05, 0.1) is 12.3 Å². The molecular weight excluding hydrogens is 196 g/mol. The van der Waals surface area contributed by atoms with Gasteiger partial charge in [0.25, 0.3) is 0 Å². The molecule has 0 bridgehead atoms. The van der Waals surface area contributed by atoms with E-state index in [-0.39, 0.29) is 0 Å². The highest BCUT2D eigenvalue weighted by molar-refractivity contribution is 5.84. The van der Waals surface area contributed by atoms with Crippen molar-refractivity contribution in [2.45, 2.75) is 6.42 Å². The molecule has 0 saturated heterocycles. The van der Waals surface area contributed by atoms with Gasteiger partial charge in [-0.05, 0) is 12.1 Å². The normalized spacial score (nSPS) is 10.7. The molecule has 0 amide bonds. The molecule has 0 saturated carbocycles. The zero-order chi connectivity index (χ0) is 11.1. The summed E-state index contributed by atoms with van der Waals surface area (Å²) in [5, 5.41) is 8.44. The summed E-state index contributed by atoms with van der Waals surface area (Å²) in [4.78, 5) is 18.5. The quantitative estimate of drug-likeness (QED) is 0.723. The highest BCUT2D eigenvalue weighted by atomic mass is 16.5. The molecule has 0 aliphatic carbocycles. The zero-order valence-electron chi connectivity index (χ0n) is 8.38. The van der Waals surface area contributed by atoms with Crippen LogP contribution in [-0.4, -0.2) is 34.8 Å². The number of hydrogen-bond donors (Lipinski definition) is 1. The second-order valence-electron chi connectivity index (χ2n) is 2.81. The summed E-state index contributed by atoms with van der Waals surface area (Å²) in [5.41, 5.74) is 0.582. The van der Waals surface area contributed by atoms with Crippen molar-refractivity contribution in [2.75, 3.05) is 13.7 Å². The van der Waals surface area contributed by atoms with Crippen molar-refractivity contribution in [3.8, 4) is 0 Å². The monoisotopic (exact) mass is 208 g/mol. The molecule has 5 heteroatoms. The van der Waals surface area contributed by atoms with Gasteiger partial charge >= 0.3 is 5.97 Å². The predicted octanol–water partition coefficient (Wildman–Crippen LogP) is 0.763. The van der Waals surface area contributed by atoms with Gasteiger partial charge in [0, 0.05) is 25.8 Å². The molecule has 80 valence electrons. The van der Waals surface area contributed by atoms with E-state index in [0.29, 0.717) is 24.5 Å². The van der Waals surface area contributed by atoms with Gasteiger partial charge in [-0.1, -0.05) is 0 Å². The molecule has 0 radical (unpaired) electrons. The van der Waals surface area contributed by atoms with Gasteiger partial charge in [0.2, 0.25) is 0 Å². The molecule has 0 aliphatic rings. The molecule has 0 unspecified atom stereocenters. The standard InChI is InChI=1S/C10H12N2O3/c1-15-7-5-9-11-6-4-8(12-9)2-3-10(13)14/h2-4,6H,5,7H2,1H3,(H,13,14)/b3-2+. The first-order valence-electron chi connectivity index (χ1n) is 4.44. The van der Waals surface area contributed by atoms with Gasteiger partial charge < -0.3 is 9.84 Å². The highest BCUT2D eigenvalue weighted by Gasteiger charge is 1.97. The fourth-order valence-electron chi connectivity index (χ4n) is 0.978. The fourth-order valence-corrected chi connectivity index (χ4v) is 0.978. The predicted molar refractivity (Wildman–Crippen MR) is 54.3 cm³/mol. The Labute approximate surface area is 87.4 Å². The Bertz CT molecular complexity index is 363. The van der Waals surface area contributed by atoms with Crippen molar-refractivity contribution in [1.29, 1.82) is 0 Å². The SMILES string of the molecule is COCCc1nccc(/C=C/C(=O)O)n1. The molecule has 1 heterocycles. The Hall–Kier alpha value is -1.75. The van der Waals surface area contributed by atoms with Crippen LogP contribution in [0.4, 0.5) is 0 Å². The van der Waals surface area contributed by atoms with Gasteiger partial charge in [-0.3, -0.25) is 0 Å². The molecule has 1 aromatic rings. The summed E-state index contributed by atoms with van der Waals surface area (Å²) in [6, 6.07) is 1.65. The Kier molecular flexibility index (Phi) is 4.43. The van der Waals surface area contributed by atoms with Crippen LogP contribution < -0.4 is 0 Å². The summed E-state index contributed by atoms with van der Waals surface area (Å²) in [7, 11) is 1.61. The van der Waals surface area contributed by atoms with Crippen LogP contribution in [0.5, 0.6) is 0 Å². The molecule has 1 rings (SSSR count). The minimum absolute atomic E-state index is 0.548. The molecule has 0 fully saturated rings. The molecule has 1 aromatic heterocycles. The van der Waals surface area contributed by atoms with E-state index in [1.165, 1.54) is 6.08 Å². The van der Waals surface area contributed by atoms with Crippen LogP contribution in [0.15, 0.2) is 18.3 Å². The lowest BCUT2D eigenvalue weighted by molar-refractivity contribution is -0.131. The average Bonchev–Trinajstić information content (AvgIpc) is 2.24. The number of aromatic nitrogens is 2. The van der Waals surface area contributed by atoms with Crippen molar-refractivity contribution < 1.29 is 14.6 Å². The lowest BCUT2D eigenvalue weighted by Gasteiger charge is -1.99. The van der Waals surface area contributed by atoms with E-state index in [9.17, 15) is 4.79 Å². The molecule has 0 atom stereocenters. The Balaban J connectivity index is 2.69. The maximum atomic E-state index is 10.3. The third kappa shape index (κ3) is 4.33. The number of carbonyl (C=O) groups is 1. The molecule has 0 aliphatic heterocycles.